The van der Waals surface area contributed by atoms with E-state index in [2.05, 4.69) is 19.9 Å². The van der Waals surface area contributed by atoms with E-state index >= 15 is 0 Å². The van der Waals surface area contributed by atoms with Gasteiger partial charge in [0.05, 0.1) is 23.2 Å². The van der Waals surface area contributed by atoms with Gasteiger partial charge in [-0.05, 0) is 36.6 Å². The van der Waals surface area contributed by atoms with Gasteiger partial charge in [-0.25, -0.2) is 15.0 Å². The van der Waals surface area contributed by atoms with Crippen molar-refractivity contribution in [2.75, 3.05) is 12.3 Å². The molecule has 0 saturated carbocycles. The van der Waals surface area contributed by atoms with Gasteiger partial charge in [0.25, 0.3) is 5.56 Å². The number of thiophene rings is 1. The Labute approximate surface area is 179 Å². The molecule has 4 aromatic rings. The summed E-state index contributed by atoms with van der Waals surface area (Å²) in [5, 5.41) is 4.67. The Hall–Kier alpha value is -2.49. The summed E-state index contributed by atoms with van der Waals surface area (Å²) in [6.07, 6.45) is 1.51. The van der Waals surface area contributed by atoms with Crippen LogP contribution in [0.5, 0.6) is 0 Å². The number of fused-ring (bicyclic) bond motifs is 2. The van der Waals surface area contributed by atoms with Gasteiger partial charge in [0.15, 0.2) is 0 Å². The number of nitrogens with zero attached hydrogens (tertiary/aromatic N) is 4. The van der Waals surface area contributed by atoms with Crippen molar-refractivity contribution in [3.05, 3.63) is 57.2 Å². The molecule has 3 aromatic heterocycles. The Morgan fingerprint density at radius 3 is 2.97 bits per heavy atom. The van der Waals surface area contributed by atoms with Gasteiger partial charge >= 0.3 is 0 Å². The summed E-state index contributed by atoms with van der Waals surface area (Å²) in [7, 11) is 0. The van der Waals surface area contributed by atoms with Crippen molar-refractivity contribution in [3.8, 4) is 0 Å². The molecular weight excluding hydrogens is 430 g/mol. The number of aromatic amines is 1. The molecule has 3 heterocycles. The molecular formula is C19H16ClN5O2S2. The molecule has 0 atom stereocenters. The Bertz CT molecular complexity index is 1260. The minimum absolute atomic E-state index is 0.0617. The molecule has 29 heavy (non-hydrogen) atoms. The van der Waals surface area contributed by atoms with Crippen LogP contribution in [0.3, 0.4) is 0 Å². The average molecular weight is 446 g/mol. The van der Waals surface area contributed by atoms with Crippen LogP contribution in [0.4, 0.5) is 0 Å². The lowest BCUT2D eigenvalue weighted by Crippen LogP contribution is -2.33. The Morgan fingerprint density at radius 2 is 2.14 bits per heavy atom. The van der Waals surface area contributed by atoms with Crippen LogP contribution in [0, 0.1) is 0 Å². The number of benzene rings is 1. The summed E-state index contributed by atoms with van der Waals surface area (Å²) < 4.78 is 0. The molecule has 1 amide bonds. The second-order valence-electron chi connectivity index (χ2n) is 6.19. The standard InChI is InChI=1S/C19H16ClN5O2S2/c1-2-25(8-15-23-14-7-11(20)3-4-12(14)17(27)24-15)16(26)9-29-19-13-5-6-28-18(13)21-10-22-19/h3-7,10H,2,8-9H2,1H3,(H,23,24,27). The third-order valence-electron chi connectivity index (χ3n) is 4.35. The highest BCUT2D eigenvalue weighted by atomic mass is 35.5. The monoisotopic (exact) mass is 445 g/mol. The van der Waals surface area contributed by atoms with E-state index < -0.39 is 0 Å². The molecule has 0 unspecified atom stereocenters. The Balaban J connectivity index is 1.50. The predicted octanol–water partition coefficient (Wildman–Crippen LogP) is 3.72. The number of carbonyl (C=O) groups excluding carboxylic acids is 1. The maximum absolute atomic E-state index is 12.8. The maximum atomic E-state index is 12.8. The average Bonchev–Trinajstić information content (AvgIpc) is 3.19. The molecule has 0 fully saturated rings. The van der Waals surface area contributed by atoms with E-state index in [9.17, 15) is 9.59 Å². The second-order valence-corrected chi connectivity index (χ2v) is 8.48. The summed E-state index contributed by atoms with van der Waals surface area (Å²) in [5.74, 6) is 0.597. The summed E-state index contributed by atoms with van der Waals surface area (Å²) in [5.41, 5.74) is 0.260. The second kappa shape index (κ2) is 8.48. The van der Waals surface area contributed by atoms with E-state index in [1.54, 1.807) is 34.4 Å². The van der Waals surface area contributed by atoms with Gasteiger partial charge in [-0.2, -0.15) is 0 Å². The van der Waals surface area contributed by atoms with Crippen LogP contribution < -0.4 is 5.56 Å². The first-order valence-corrected chi connectivity index (χ1v) is 11.1. The molecule has 0 spiro atoms. The lowest BCUT2D eigenvalue weighted by Gasteiger charge is -2.20. The molecule has 148 valence electrons. The molecule has 7 nitrogen and oxygen atoms in total. The van der Waals surface area contributed by atoms with Crippen LogP contribution in [-0.2, 0) is 11.3 Å². The highest BCUT2D eigenvalue weighted by Crippen LogP contribution is 2.27. The molecule has 0 saturated heterocycles. The Kier molecular flexibility index (Phi) is 5.79. The molecule has 10 heteroatoms. The van der Waals surface area contributed by atoms with E-state index in [-0.39, 0.29) is 23.8 Å². The van der Waals surface area contributed by atoms with Crippen molar-refractivity contribution in [3.63, 3.8) is 0 Å². The van der Waals surface area contributed by atoms with Crippen molar-refractivity contribution < 1.29 is 4.79 Å². The molecule has 0 bridgehead atoms. The molecule has 1 aromatic carbocycles. The summed E-state index contributed by atoms with van der Waals surface area (Å²) >= 11 is 8.93. The van der Waals surface area contributed by atoms with Gasteiger partial charge in [-0.15, -0.1) is 11.3 Å². The minimum atomic E-state index is -0.250. The number of hydrogen-bond acceptors (Lipinski definition) is 7. The molecule has 0 aliphatic rings. The van der Waals surface area contributed by atoms with E-state index in [1.807, 2.05) is 18.4 Å². The number of carbonyl (C=O) groups is 1. The van der Waals surface area contributed by atoms with Crippen LogP contribution in [0.25, 0.3) is 21.1 Å². The number of aromatic nitrogens is 4. The fraction of sp³-hybridized carbons (Fsp3) is 0.211. The highest BCUT2D eigenvalue weighted by molar-refractivity contribution is 8.00. The van der Waals surface area contributed by atoms with Crippen LogP contribution in [-0.4, -0.2) is 43.0 Å². The fourth-order valence-electron chi connectivity index (χ4n) is 2.90. The lowest BCUT2D eigenvalue weighted by molar-refractivity contribution is -0.128. The Morgan fingerprint density at radius 1 is 1.28 bits per heavy atom. The summed E-state index contributed by atoms with van der Waals surface area (Å²) in [6.45, 7) is 2.60. The zero-order chi connectivity index (χ0) is 20.4. The van der Waals surface area contributed by atoms with Crippen LogP contribution >= 0.6 is 34.7 Å². The van der Waals surface area contributed by atoms with Gasteiger partial charge < -0.3 is 9.88 Å². The number of rotatable bonds is 6. The predicted molar refractivity (Wildman–Crippen MR) is 117 cm³/mol. The van der Waals surface area contributed by atoms with E-state index in [0.717, 1.165) is 15.2 Å². The molecule has 1 N–H and O–H groups in total. The molecule has 0 radical (unpaired) electrons. The SMILES string of the molecule is CCN(Cc1nc2cc(Cl)ccc2c(=O)[nH]1)C(=O)CSc1ncnc2sccc12. The first-order valence-electron chi connectivity index (χ1n) is 8.82. The largest absolute Gasteiger partial charge is 0.335 e. The number of H-pyrrole nitrogens is 1. The van der Waals surface area contributed by atoms with Gasteiger partial charge in [0.1, 0.15) is 22.0 Å². The third kappa shape index (κ3) is 4.26. The normalized spacial score (nSPS) is 11.2. The minimum Gasteiger partial charge on any atom is -0.335 e. The van der Waals surface area contributed by atoms with Crippen molar-refractivity contribution in [2.24, 2.45) is 0 Å². The van der Waals surface area contributed by atoms with Crippen LogP contribution in [0.15, 0.2) is 45.8 Å². The molecule has 0 aliphatic heterocycles. The zero-order valence-corrected chi connectivity index (χ0v) is 17.8. The smallest absolute Gasteiger partial charge is 0.258 e. The first-order chi connectivity index (χ1) is 14.0. The number of thioether (sulfide) groups is 1. The first kappa shape index (κ1) is 19.8. The van der Waals surface area contributed by atoms with E-state index in [4.69, 9.17) is 11.6 Å². The quantitative estimate of drug-likeness (QED) is 0.359. The fourth-order valence-corrected chi connectivity index (χ4v) is 4.75. The van der Waals surface area contributed by atoms with Gasteiger partial charge in [-0.3, -0.25) is 9.59 Å². The topological polar surface area (TPSA) is 91.8 Å². The number of hydrogen-bond donors (Lipinski definition) is 1. The van der Waals surface area contributed by atoms with E-state index in [0.29, 0.717) is 28.3 Å². The number of amides is 1. The maximum Gasteiger partial charge on any atom is 0.258 e. The zero-order valence-electron chi connectivity index (χ0n) is 15.4. The molecule has 4 rings (SSSR count). The summed E-state index contributed by atoms with van der Waals surface area (Å²) in [4.78, 5) is 43.3. The van der Waals surface area contributed by atoms with Gasteiger partial charge in [0, 0.05) is 17.0 Å². The van der Waals surface area contributed by atoms with E-state index in [1.165, 1.54) is 18.1 Å². The van der Waals surface area contributed by atoms with Gasteiger partial charge in [-0.1, -0.05) is 23.4 Å². The van der Waals surface area contributed by atoms with Crippen LogP contribution in [0.2, 0.25) is 5.02 Å². The van der Waals surface area contributed by atoms with Crippen molar-refractivity contribution in [1.29, 1.82) is 0 Å². The third-order valence-corrected chi connectivity index (χ3v) is 6.40. The summed E-state index contributed by atoms with van der Waals surface area (Å²) in [6, 6.07) is 6.89. The number of halogens is 1. The van der Waals surface area contributed by atoms with Crippen molar-refractivity contribution in [1.82, 2.24) is 24.8 Å². The van der Waals surface area contributed by atoms with Crippen molar-refractivity contribution >= 4 is 61.7 Å². The van der Waals surface area contributed by atoms with Gasteiger partial charge in [0.2, 0.25) is 5.91 Å². The lowest BCUT2D eigenvalue weighted by atomic mass is 10.2. The van der Waals surface area contributed by atoms with Crippen molar-refractivity contribution in [2.45, 2.75) is 18.5 Å². The molecule has 0 aliphatic carbocycles. The highest BCUT2D eigenvalue weighted by Gasteiger charge is 2.16. The van der Waals surface area contributed by atoms with Crippen LogP contribution in [0.1, 0.15) is 12.7 Å². The number of nitrogens with one attached hydrogen (secondary N) is 1.